The van der Waals surface area contributed by atoms with Crippen molar-refractivity contribution < 1.29 is 4.79 Å². The summed E-state index contributed by atoms with van der Waals surface area (Å²) in [5.74, 6) is 1.21. The fourth-order valence-electron chi connectivity index (χ4n) is 4.20. The molecule has 1 amide bonds. The lowest BCUT2D eigenvalue weighted by atomic mass is 9.78. The van der Waals surface area contributed by atoms with Gasteiger partial charge in [0.1, 0.15) is 12.1 Å². The predicted octanol–water partition coefficient (Wildman–Crippen LogP) is 1.12. The lowest BCUT2D eigenvalue weighted by molar-refractivity contribution is -0.143. The molecule has 2 saturated heterocycles. The van der Waals surface area contributed by atoms with Crippen molar-refractivity contribution in [1.29, 1.82) is 0 Å². The topological polar surface area (TPSA) is 67.2 Å². The highest BCUT2D eigenvalue weighted by Gasteiger charge is 2.48. The van der Waals surface area contributed by atoms with Crippen LogP contribution >= 0.6 is 0 Å². The molecular formula is C16H22N6O. The van der Waals surface area contributed by atoms with E-state index in [4.69, 9.17) is 0 Å². The number of rotatable bonds is 1. The highest BCUT2D eigenvalue weighted by molar-refractivity contribution is 5.91. The Balaban J connectivity index is 1.72. The van der Waals surface area contributed by atoms with Gasteiger partial charge in [0.05, 0.1) is 16.5 Å². The van der Waals surface area contributed by atoms with Crippen molar-refractivity contribution in [3.63, 3.8) is 0 Å². The minimum Gasteiger partial charge on any atom is -0.355 e. The van der Waals surface area contributed by atoms with Crippen molar-refractivity contribution in [1.82, 2.24) is 24.6 Å². The monoisotopic (exact) mass is 314 g/mol. The molecule has 7 heteroatoms. The molecular weight excluding hydrogens is 292 g/mol. The molecule has 1 spiro atoms. The molecule has 0 unspecified atom stereocenters. The molecule has 0 saturated carbocycles. The number of carbonyl (C=O) groups is 1. The van der Waals surface area contributed by atoms with Crippen LogP contribution in [-0.2, 0) is 11.8 Å². The lowest BCUT2D eigenvalue weighted by Crippen LogP contribution is -2.48. The van der Waals surface area contributed by atoms with Crippen LogP contribution in [0.2, 0.25) is 0 Å². The van der Waals surface area contributed by atoms with Crippen molar-refractivity contribution >= 4 is 22.8 Å². The molecule has 2 aromatic heterocycles. The van der Waals surface area contributed by atoms with Crippen molar-refractivity contribution in [2.24, 2.45) is 12.5 Å². The van der Waals surface area contributed by atoms with Crippen molar-refractivity contribution in [2.45, 2.75) is 26.2 Å². The van der Waals surface area contributed by atoms with Gasteiger partial charge in [-0.15, -0.1) is 0 Å². The first kappa shape index (κ1) is 14.4. The average molecular weight is 314 g/mol. The normalized spacial score (nSPS) is 25.1. The zero-order valence-electron chi connectivity index (χ0n) is 13.9. The molecule has 23 heavy (non-hydrogen) atoms. The third kappa shape index (κ3) is 2.02. The van der Waals surface area contributed by atoms with E-state index in [0.29, 0.717) is 5.91 Å². The summed E-state index contributed by atoms with van der Waals surface area (Å²) in [6, 6.07) is 0. The Bertz CT molecular complexity index is 784. The molecule has 2 fully saturated rings. The number of aryl methyl sites for hydroxylation is 2. The van der Waals surface area contributed by atoms with E-state index in [1.54, 1.807) is 11.0 Å². The van der Waals surface area contributed by atoms with Crippen LogP contribution in [0.5, 0.6) is 0 Å². The summed E-state index contributed by atoms with van der Waals surface area (Å²) in [6.45, 7) is 4.47. The van der Waals surface area contributed by atoms with Crippen LogP contribution in [0.25, 0.3) is 11.0 Å². The molecule has 4 heterocycles. The first-order valence-corrected chi connectivity index (χ1v) is 8.17. The Morgan fingerprint density at radius 3 is 2.83 bits per heavy atom. The zero-order valence-corrected chi connectivity index (χ0v) is 13.9. The van der Waals surface area contributed by atoms with E-state index in [2.05, 4.69) is 20.0 Å². The summed E-state index contributed by atoms with van der Waals surface area (Å²) in [7, 11) is 3.82. The van der Waals surface area contributed by atoms with E-state index in [1.807, 2.05) is 25.9 Å². The van der Waals surface area contributed by atoms with Crippen LogP contribution in [0.15, 0.2) is 6.33 Å². The number of piperidine rings is 1. The van der Waals surface area contributed by atoms with Crippen LogP contribution in [-0.4, -0.2) is 57.2 Å². The second-order valence-electron chi connectivity index (χ2n) is 6.89. The number of anilines is 1. The Hall–Kier alpha value is -2.18. The summed E-state index contributed by atoms with van der Waals surface area (Å²) in [4.78, 5) is 25.7. The number of hydrogen-bond acceptors (Lipinski definition) is 5. The molecule has 4 rings (SSSR count). The third-order valence-corrected chi connectivity index (χ3v) is 5.38. The number of hydrogen-bond donors (Lipinski definition) is 0. The molecule has 0 aliphatic carbocycles. The van der Waals surface area contributed by atoms with E-state index in [0.717, 1.165) is 61.4 Å². The fraction of sp³-hybridized carbons (Fsp3) is 0.625. The highest BCUT2D eigenvalue weighted by atomic mass is 16.2. The summed E-state index contributed by atoms with van der Waals surface area (Å²) >= 11 is 0. The van der Waals surface area contributed by atoms with Gasteiger partial charge in [-0.3, -0.25) is 9.48 Å². The predicted molar refractivity (Wildman–Crippen MR) is 87.2 cm³/mol. The number of likely N-dealkylation sites (tertiary alicyclic amines) is 1. The maximum Gasteiger partial charge on any atom is 0.230 e. The number of amides is 1. The van der Waals surface area contributed by atoms with Gasteiger partial charge < -0.3 is 9.80 Å². The second-order valence-corrected chi connectivity index (χ2v) is 6.89. The molecule has 2 aliphatic heterocycles. The smallest absolute Gasteiger partial charge is 0.230 e. The van der Waals surface area contributed by atoms with E-state index in [1.165, 1.54) is 0 Å². The quantitative estimate of drug-likeness (QED) is 0.789. The molecule has 7 nitrogen and oxygen atoms in total. The van der Waals surface area contributed by atoms with Crippen molar-refractivity contribution in [3.05, 3.63) is 12.0 Å². The molecule has 0 aromatic carbocycles. The Morgan fingerprint density at radius 1 is 1.17 bits per heavy atom. The van der Waals surface area contributed by atoms with Gasteiger partial charge in [-0.2, -0.15) is 5.10 Å². The van der Waals surface area contributed by atoms with E-state index in [9.17, 15) is 4.79 Å². The van der Waals surface area contributed by atoms with E-state index >= 15 is 0 Å². The van der Waals surface area contributed by atoms with Gasteiger partial charge in [0.15, 0.2) is 5.65 Å². The van der Waals surface area contributed by atoms with Gasteiger partial charge in [-0.1, -0.05) is 0 Å². The lowest BCUT2D eigenvalue weighted by Gasteiger charge is -2.37. The number of aromatic nitrogens is 4. The highest BCUT2D eigenvalue weighted by Crippen LogP contribution is 2.42. The minimum absolute atomic E-state index is 0.236. The maximum atomic E-state index is 12.7. The Morgan fingerprint density at radius 2 is 2.00 bits per heavy atom. The van der Waals surface area contributed by atoms with Gasteiger partial charge in [-0.05, 0) is 26.2 Å². The van der Waals surface area contributed by atoms with Crippen molar-refractivity contribution in [2.75, 3.05) is 31.6 Å². The van der Waals surface area contributed by atoms with Gasteiger partial charge in [0, 0.05) is 33.7 Å². The maximum absolute atomic E-state index is 12.7. The Kier molecular flexibility index (Phi) is 3.08. The fourth-order valence-corrected chi connectivity index (χ4v) is 4.20. The molecule has 2 aliphatic rings. The van der Waals surface area contributed by atoms with E-state index < -0.39 is 0 Å². The largest absolute Gasteiger partial charge is 0.355 e. The van der Waals surface area contributed by atoms with Gasteiger partial charge in [0.2, 0.25) is 5.91 Å². The number of fused-ring (bicyclic) bond motifs is 1. The number of carbonyl (C=O) groups excluding carboxylic acids is 1. The molecule has 0 N–H and O–H groups in total. The van der Waals surface area contributed by atoms with Gasteiger partial charge >= 0.3 is 0 Å². The van der Waals surface area contributed by atoms with Crippen LogP contribution in [0.1, 0.15) is 25.0 Å². The van der Waals surface area contributed by atoms with Crippen LogP contribution in [0.3, 0.4) is 0 Å². The summed E-state index contributed by atoms with van der Waals surface area (Å²) in [5.41, 5.74) is 1.55. The van der Waals surface area contributed by atoms with E-state index in [-0.39, 0.29) is 5.41 Å². The van der Waals surface area contributed by atoms with Crippen LogP contribution in [0, 0.1) is 12.3 Å². The first-order valence-electron chi connectivity index (χ1n) is 8.17. The van der Waals surface area contributed by atoms with Gasteiger partial charge in [-0.25, -0.2) is 9.97 Å². The van der Waals surface area contributed by atoms with Gasteiger partial charge in [0.25, 0.3) is 0 Å². The van der Waals surface area contributed by atoms with Crippen molar-refractivity contribution in [3.8, 4) is 0 Å². The van der Waals surface area contributed by atoms with Crippen LogP contribution in [0.4, 0.5) is 5.82 Å². The van der Waals surface area contributed by atoms with Crippen LogP contribution < -0.4 is 4.90 Å². The standard InChI is InChI=1S/C16H22N6O/c1-11-12-13(21(3)19-11)17-10-18-14(12)22-8-6-16(9-22)5-4-7-20(2)15(16)23/h10H,4-9H2,1-3H3/t16-/m0/s1. The summed E-state index contributed by atoms with van der Waals surface area (Å²) in [5, 5.41) is 5.47. The second kappa shape index (κ2) is 4.91. The molecule has 2 aromatic rings. The SMILES string of the molecule is Cc1nn(C)c2ncnc(N3CC[C@@]4(CCCN(C)C4=O)C3)c12. The third-order valence-electron chi connectivity index (χ3n) is 5.38. The summed E-state index contributed by atoms with van der Waals surface area (Å²) in [6.07, 6.45) is 4.56. The average Bonchev–Trinajstić information content (AvgIpc) is 3.08. The number of nitrogens with zero attached hydrogens (tertiary/aromatic N) is 6. The minimum atomic E-state index is -0.236. The zero-order chi connectivity index (χ0) is 16.2. The first-order chi connectivity index (χ1) is 11.0. The molecule has 122 valence electrons. The Labute approximate surface area is 135 Å². The molecule has 1 atom stereocenters. The summed E-state index contributed by atoms with van der Waals surface area (Å²) < 4.78 is 1.79. The molecule has 0 radical (unpaired) electrons. The molecule has 0 bridgehead atoms.